The molecule has 0 aromatic carbocycles. The molecule has 0 atom stereocenters. The zero-order valence-corrected chi connectivity index (χ0v) is 12.7. The van der Waals surface area contributed by atoms with Gasteiger partial charge in [0.1, 0.15) is 11.5 Å². The number of nitrogens with two attached hydrogens (primary N) is 1. The zero-order chi connectivity index (χ0) is 14.8. The molecule has 1 aromatic rings. The molecule has 0 saturated carbocycles. The van der Waals surface area contributed by atoms with Crippen molar-refractivity contribution in [1.82, 2.24) is 9.97 Å². The third kappa shape index (κ3) is 5.21. The maximum absolute atomic E-state index is 6.06. The van der Waals surface area contributed by atoms with Crippen LogP contribution in [0.4, 0.5) is 11.5 Å². The number of hydrogen-bond donors (Lipinski definition) is 2. The van der Waals surface area contributed by atoms with Gasteiger partial charge in [-0.1, -0.05) is 20.3 Å². The fraction of sp³-hybridized carbons (Fsp3) is 0.714. The monoisotopic (exact) mass is 282 g/mol. The minimum absolute atomic E-state index is 0.469. The second-order valence-electron chi connectivity index (χ2n) is 4.58. The van der Waals surface area contributed by atoms with Crippen molar-refractivity contribution >= 4 is 11.5 Å². The summed E-state index contributed by atoms with van der Waals surface area (Å²) < 4.78 is 10.7. The van der Waals surface area contributed by atoms with E-state index in [2.05, 4.69) is 29.1 Å². The fourth-order valence-electron chi connectivity index (χ4n) is 1.66. The van der Waals surface area contributed by atoms with E-state index in [0.29, 0.717) is 37.1 Å². The number of hydrogen-bond acceptors (Lipinski definition) is 6. The zero-order valence-electron chi connectivity index (χ0n) is 12.7. The van der Waals surface area contributed by atoms with Gasteiger partial charge in [0.2, 0.25) is 5.88 Å². The molecule has 114 valence electrons. The van der Waals surface area contributed by atoms with Gasteiger partial charge < -0.3 is 20.5 Å². The third-order valence-corrected chi connectivity index (χ3v) is 2.77. The molecule has 0 radical (unpaired) electrons. The summed E-state index contributed by atoms with van der Waals surface area (Å²) in [6.07, 6.45) is 3.85. The Bertz CT molecular complexity index is 368. The molecule has 1 heterocycles. The van der Waals surface area contributed by atoms with Crippen molar-refractivity contribution in [3.05, 3.63) is 5.82 Å². The SMILES string of the molecule is CCCCOc1nc(CCC)nc(NCCOC)c1N. The van der Waals surface area contributed by atoms with E-state index in [1.54, 1.807) is 7.11 Å². The highest BCUT2D eigenvalue weighted by atomic mass is 16.5. The lowest BCUT2D eigenvalue weighted by Gasteiger charge is -2.14. The first kappa shape index (κ1) is 16.5. The van der Waals surface area contributed by atoms with Crippen molar-refractivity contribution < 1.29 is 9.47 Å². The minimum atomic E-state index is 0.469. The molecule has 1 aromatic heterocycles. The molecule has 3 N–H and O–H groups in total. The first-order valence-electron chi connectivity index (χ1n) is 7.24. The number of anilines is 2. The van der Waals surface area contributed by atoms with Crippen molar-refractivity contribution in [3.63, 3.8) is 0 Å². The average molecular weight is 282 g/mol. The Hall–Kier alpha value is -1.56. The molecule has 6 nitrogen and oxygen atoms in total. The Morgan fingerprint density at radius 1 is 1.15 bits per heavy atom. The van der Waals surface area contributed by atoms with Crippen molar-refractivity contribution in [3.8, 4) is 5.88 Å². The second kappa shape index (κ2) is 9.36. The summed E-state index contributed by atoms with van der Waals surface area (Å²) in [6.45, 7) is 6.08. The summed E-state index contributed by atoms with van der Waals surface area (Å²) in [4.78, 5) is 8.83. The molecular weight excluding hydrogens is 256 g/mol. The van der Waals surface area contributed by atoms with E-state index in [1.807, 2.05) is 0 Å². The maximum atomic E-state index is 6.06. The van der Waals surface area contributed by atoms with Gasteiger partial charge in [-0.2, -0.15) is 4.98 Å². The molecule has 20 heavy (non-hydrogen) atoms. The molecule has 0 saturated heterocycles. The van der Waals surface area contributed by atoms with Gasteiger partial charge in [-0.25, -0.2) is 4.98 Å². The predicted octanol–water partition coefficient (Wildman–Crippen LogP) is 2.25. The van der Waals surface area contributed by atoms with Gasteiger partial charge in [-0.05, 0) is 12.8 Å². The van der Waals surface area contributed by atoms with E-state index in [0.717, 1.165) is 31.5 Å². The molecule has 0 amide bonds. The molecule has 0 aliphatic heterocycles. The number of methoxy groups -OCH3 is 1. The van der Waals surface area contributed by atoms with Crippen LogP contribution in [0.25, 0.3) is 0 Å². The molecule has 0 fully saturated rings. The van der Waals surface area contributed by atoms with Gasteiger partial charge in [0.25, 0.3) is 0 Å². The van der Waals surface area contributed by atoms with Gasteiger partial charge in [0.15, 0.2) is 5.82 Å². The number of aromatic nitrogens is 2. The Labute approximate surface area is 121 Å². The Morgan fingerprint density at radius 3 is 2.60 bits per heavy atom. The molecule has 1 rings (SSSR count). The van der Waals surface area contributed by atoms with E-state index < -0.39 is 0 Å². The van der Waals surface area contributed by atoms with E-state index in [4.69, 9.17) is 15.2 Å². The quantitative estimate of drug-likeness (QED) is 0.640. The lowest BCUT2D eigenvalue weighted by atomic mass is 10.3. The number of aryl methyl sites for hydroxylation is 1. The fourth-order valence-corrected chi connectivity index (χ4v) is 1.66. The van der Waals surface area contributed by atoms with Crippen LogP contribution in [0.3, 0.4) is 0 Å². The van der Waals surface area contributed by atoms with Gasteiger partial charge >= 0.3 is 0 Å². The predicted molar refractivity (Wildman–Crippen MR) is 81.2 cm³/mol. The molecule has 0 aliphatic carbocycles. The van der Waals surface area contributed by atoms with Gasteiger partial charge in [-0.3, -0.25) is 0 Å². The summed E-state index contributed by atoms with van der Waals surface area (Å²) in [5.41, 5.74) is 6.53. The van der Waals surface area contributed by atoms with Crippen LogP contribution < -0.4 is 15.8 Å². The summed E-state index contributed by atoms with van der Waals surface area (Å²) in [6, 6.07) is 0. The number of nitrogens with one attached hydrogen (secondary N) is 1. The van der Waals surface area contributed by atoms with Crippen LogP contribution in [-0.2, 0) is 11.2 Å². The van der Waals surface area contributed by atoms with E-state index in [1.165, 1.54) is 0 Å². The van der Waals surface area contributed by atoms with Gasteiger partial charge in [0, 0.05) is 20.1 Å². The van der Waals surface area contributed by atoms with Crippen LogP contribution in [0.1, 0.15) is 38.9 Å². The number of ether oxygens (including phenoxy) is 2. The number of rotatable bonds is 10. The van der Waals surface area contributed by atoms with Crippen LogP contribution in [-0.4, -0.2) is 36.8 Å². The van der Waals surface area contributed by atoms with Gasteiger partial charge in [0.05, 0.1) is 13.2 Å². The van der Waals surface area contributed by atoms with Crippen LogP contribution in [0.15, 0.2) is 0 Å². The Balaban J connectivity index is 2.83. The van der Waals surface area contributed by atoms with E-state index in [-0.39, 0.29) is 0 Å². The smallest absolute Gasteiger partial charge is 0.242 e. The maximum Gasteiger partial charge on any atom is 0.242 e. The highest BCUT2D eigenvalue weighted by Crippen LogP contribution is 2.26. The van der Waals surface area contributed by atoms with Gasteiger partial charge in [-0.15, -0.1) is 0 Å². The number of nitrogens with zero attached hydrogens (tertiary/aromatic N) is 2. The topological polar surface area (TPSA) is 82.3 Å². The first-order chi connectivity index (χ1) is 9.72. The highest BCUT2D eigenvalue weighted by molar-refractivity contribution is 5.66. The molecule has 6 heteroatoms. The summed E-state index contributed by atoms with van der Waals surface area (Å²) >= 11 is 0. The Kier molecular flexibility index (Phi) is 7.72. The summed E-state index contributed by atoms with van der Waals surface area (Å²) in [5.74, 6) is 1.87. The minimum Gasteiger partial charge on any atom is -0.476 e. The Morgan fingerprint density at radius 2 is 1.95 bits per heavy atom. The first-order valence-corrected chi connectivity index (χ1v) is 7.24. The molecule has 0 bridgehead atoms. The molecule has 0 aliphatic rings. The van der Waals surface area contributed by atoms with Crippen LogP contribution >= 0.6 is 0 Å². The van der Waals surface area contributed by atoms with E-state index in [9.17, 15) is 0 Å². The van der Waals surface area contributed by atoms with Crippen molar-refractivity contribution in [2.24, 2.45) is 0 Å². The summed E-state index contributed by atoms with van der Waals surface area (Å²) in [7, 11) is 1.66. The molecule has 0 unspecified atom stereocenters. The normalized spacial score (nSPS) is 10.6. The second-order valence-corrected chi connectivity index (χ2v) is 4.58. The standard InChI is InChI=1S/C14H26N4O2/c1-4-6-9-20-14-12(15)13(16-8-10-19-3)17-11(18-14)7-5-2/h4-10,15H2,1-3H3,(H,16,17,18). The third-order valence-electron chi connectivity index (χ3n) is 2.77. The van der Waals surface area contributed by atoms with Crippen LogP contribution in [0.5, 0.6) is 5.88 Å². The summed E-state index contributed by atoms with van der Waals surface area (Å²) in [5, 5.41) is 3.16. The number of unbranched alkanes of at least 4 members (excludes halogenated alkanes) is 1. The molecular formula is C14H26N4O2. The van der Waals surface area contributed by atoms with Crippen molar-refractivity contribution in [1.29, 1.82) is 0 Å². The van der Waals surface area contributed by atoms with Crippen molar-refractivity contribution in [2.75, 3.05) is 37.9 Å². The number of nitrogen functional groups attached to an aromatic ring is 1. The lowest BCUT2D eigenvalue weighted by Crippen LogP contribution is -2.14. The van der Waals surface area contributed by atoms with Crippen LogP contribution in [0, 0.1) is 0 Å². The van der Waals surface area contributed by atoms with E-state index >= 15 is 0 Å². The largest absolute Gasteiger partial charge is 0.476 e. The highest BCUT2D eigenvalue weighted by Gasteiger charge is 2.12. The lowest BCUT2D eigenvalue weighted by molar-refractivity contribution is 0.210. The average Bonchev–Trinajstić information content (AvgIpc) is 2.44. The molecule has 0 spiro atoms. The van der Waals surface area contributed by atoms with Crippen molar-refractivity contribution in [2.45, 2.75) is 39.5 Å². The van der Waals surface area contributed by atoms with Crippen LogP contribution in [0.2, 0.25) is 0 Å².